The van der Waals surface area contributed by atoms with E-state index in [1.54, 1.807) is 0 Å². The fourth-order valence-corrected chi connectivity index (χ4v) is 3.75. The molecular formula is C14H27N3O2. The third-order valence-electron chi connectivity index (χ3n) is 4.86. The first-order valence-electron chi connectivity index (χ1n) is 7.76. The van der Waals surface area contributed by atoms with Crippen LogP contribution in [-0.2, 0) is 9.47 Å². The van der Waals surface area contributed by atoms with Gasteiger partial charge in [-0.25, -0.2) is 0 Å². The molecule has 2 N–H and O–H groups in total. The van der Waals surface area contributed by atoms with Crippen molar-refractivity contribution in [3.05, 3.63) is 0 Å². The summed E-state index contributed by atoms with van der Waals surface area (Å²) in [4.78, 5) is 5.16. The van der Waals surface area contributed by atoms with Crippen molar-refractivity contribution < 1.29 is 9.47 Å². The zero-order chi connectivity index (χ0) is 13.1. The van der Waals surface area contributed by atoms with E-state index in [0.29, 0.717) is 18.2 Å². The van der Waals surface area contributed by atoms with Crippen molar-refractivity contribution in [2.45, 2.75) is 37.5 Å². The minimum Gasteiger partial charge on any atom is -0.379 e. The lowest BCUT2D eigenvalue weighted by atomic mass is 10.1. The van der Waals surface area contributed by atoms with Gasteiger partial charge in [-0.1, -0.05) is 0 Å². The van der Waals surface area contributed by atoms with Crippen molar-refractivity contribution >= 4 is 0 Å². The first-order valence-corrected chi connectivity index (χ1v) is 7.76. The van der Waals surface area contributed by atoms with E-state index in [2.05, 4.69) is 9.80 Å². The molecule has 0 aromatic rings. The molecule has 0 radical (unpaired) electrons. The van der Waals surface area contributed by atoms with Gasteiger partial charge in [0.25, 0.3) is 0 Å². The number of morpholine rings is 1. The first kappa shape index (κ1) is 13.8. The molecule has 0 aromatic carbocycles. The second-order valence-electron chi connectivity index (χ2n) is 5.94. The number of hydrogen-bond acceptors (Lipinski definition) is 5. The van der Waals surface area contributed by atoms with Crippen LogP contribution < -0.4 is 5.73 Å². The van der Waals surface area contributed by atoms with Crippen LogP contribution in [0.25, 0.3) is 0 Å². The summed E-state index contributed by atoms with van der Waals surface area (Å²) in [5.41, 5.74) is 6.00. The van der Waals surface area contributed by atoms with Gasteiger partial charge in [-0.15, -0.1) is 0 Å². The maximum Gasteiger partial charge on any atom is 0.0743 e. The molecule has 3 fully saturated rings. The van der Waals surface area contributed by atoms with Gasteiger partial charge in [0, 0.05) is 51.4 Å². The standard InChI is InChI=1S/C14H27N3O2/c15-10-13(14-2-1-7-19-14)17-4-3-12(11-17)16-5-8-18-9-6-16/h12-14H,1-11,15H2. The highest BCUT2D eigenvalue weighted by Crippen LogP contribution is 2.24. The molecule has 3 atom stereocenters. The highest BCUT2D eigenvalue weighted by molar-refractivity contribution is 4.92. The fourth-order valence-electron chi connectivity index (χ4n) is 3.75. The summed E-state index contributed by atoms with van der Waals surface area (Å²) in [6, 6.07) is 1.12. The van der Waals surface area contributed by atoms with Crippen LogP contribution in [0, 0.1) is 0 Å². The monoisotopic (exact) mass is 269 g/mol. The van der Waals surface area contributed by atoms with E-state index in [-0.39, 0.29) is 0 Å². The van der Waals surface area contributed by atoms with E-state index in [1.807, 2.05) is 0 Å². The van der Waals surface area contributed by atoms with Crippen molar-refractivity contribution in [1.29, 1.82) is 0 Å². The van der Waals surface area contributed by atoms with Crippen molar-refractivity contribution in [2.24, 2.45) is 5.73 Å². The summed E-state index contributed by atoms with van der Waals surface area (Å²) < 4.78 is 11.3. The van der Waals surface area contributed by atoms with E-state index in [0.717, 1.165) is 46.0 Å². The van der Waals surface area contributed by atoms with Gasteiger partial charge in [0.2, 0.25) is 0 Å². The van der Waals surface area contributed by atoms with Gasteiger partial charge in [0.1, 0.15) is 0 Å². The Bertz CT molecular complexity index is 278. The molecule has 3 saturated heterocycles. The van der Waals surface area contributed by atoms with E-state index in [9.17, 15) is 0 Å². The lowest BCUT2D eigenvalue weighted by molar-refractivity contribution is 0.0102. The summed E-state index contributed by atoms with van der Waals surface area (Å²) >= 11 is 0. The SMILES string of the molecule is NCC(C1CCCO1)N1CCC(N2CCOCC2)C1. The van der Waals surface area contributed by atoms with Gasteiger partial charge in [-0.3, -0.25) is 9.80 Å². The lowest BCUT2D eigenvalue weighted by Crippen LogP contribution is -2.49. The van der Waals surface area contributed by atoms with Gasteiger partial charge in [0.15, 0.2) is 0 Å². The van der Waals surface area contributed by atoms with Gasteiger partial charge in [-0.2, -0.15) is 0 Å². The Labute approximate surface area is 116 Å². The zero-order valence-corrected chi connectivity index (χ0v) is 11.8. The van der Waals surface area contributed by atoms with Crippen LogP contribution in [0.4, 0.5) is 0 Å². The van der Waals surface area contributed by atoms with Crippen LogP contribution in [0.5, 0.6) is 0 Å². The number of rotatable bonds is 4. The van der Waals surface area contributed by atoms with Crippen molar-refractivity contribution in [3.63, 3.8) is 0 Å². The number of likely N-dealkylation sites (tertiary alicyclic amines) is 1. The van der Waals surface area contributed by atoms with E-state index < -0.39 is 0 Å². The smallest absolute Gasteiger partial charge is 0.0743 e. The van der Waals surface area contributed by atoms with E-state index in [1.165, 1.54) is 25.8 Å². The summed E-state index contributed by atoms with van der Waals surface area (Å²) in [5.74, 6) is 0. The predicted molar refractivity (Wildman–Crippen MR) is 74.2 cm³/mol. The number of ether oxygens (including phenoxy) is 2. The van der Waals surface area contributed by atoms with Crippen molar-refractivity contribution in [1.82, 2.24) is 9.80 Å². The van der Waals surface area contributed by atoms with Crippen LogP contribution >= 0.6 is 0 Å². The molecule has 5 nitrogen and oxygen atoms in total. The Morgan fingerprint density at radius 2 is 1.95 bits per heavy atom. The van der Waals surface area contributed by atoms with Crippen LogP contribution in [0.3, 0.4) is 0 Å². The summed E-state index contributed by atoms with van der Waals surface area (Å²) in [6.45, 7) is 7.93. The molecule has 0 amide bonds. The fraction of sp³-hybridized carbons (Fsp3) is 1.00. The summed E-state index contributed by atoms with van der Waals surface area (Å²) in [7, 11) is 0. The molecule has 3 unspecified atom stereocenters. The van der Waals surface area contributed by atoms with Gasteiger partial charge >= 0.3 is 0 Å². The maximum absolute atomic E-state index is 6.00. The Morgan fingerprint density at radius 3 is 2.63 bits per heavy atom. The van der Waals surface area contributed by atoms with Crippen molar-refractivity contribution in [2.75, 3.05) is 52.5 Å². The van der Waals surface area contributed by atoms with Crippen LogP contribution in [-0.4, -0.2) is 80.5 Å². The Morgan fingerprint density at radius 1 is 1.11 bits per heavy atom. The molecular weight excluding hydrogens is 242 g/mol. The van der Waals surface area contributed by atoms with Crippen molar-refractivity contribution in [3.8, 4) is 0 Å². The van der Waals surface area contributed by atoms with Crippen LogP contribution in [0.2, 0.25) is 0 Å². The van der Waals surface area contributed by atoms with Crippen LogP contribution in [0.15, 0.2) is 0 Å². The Kier molecular flexibility index (Phi) is 4.71. The predicted octanol–water partition coefficient (Wildman–Crippen LogP) is -0.101. The summed E-state index contributed by atoms with van der Waals surface area (Å²) in [5, 5.41) is 0. The highest BCUT2D eigenvalue weighted by Gasteiger charge is 2.36. The zero-order valence-electron chi connectivity index (χ0n) is 11.8. The van der Waals surface area contributed by atoms with Gasteiger partial charge in [0.05, 0.1) is 19.3 Å². The first-order chi connectivity index (χ1) is 9.38. The van der Waals surface area contributed by atoms with Gasteiger partial charge in [-0.05, 0) is 19.3 Å². The molecule has 110 valence electrons. The Hall–Kier alpha value is -0.200. The van der Waals surface area contributed by atoms with Gasteiger partial charge < -0.3 is 15.2 Å². The molecule has 0 aromatic heterocycles. The second kappa shape index (κ2) is 6.50. The third kappa shape index (κ3) is 3.11. The summed E-state index contributed by atoms with van der Waals surface area (Å²) in [6.07, 6.45) is 4.01. The molecule has 0 spiro atoms. The molecule has 0 bridgehead atoms. The number of nitrogens with two attached hydrogens (primary N) is 1. The largest absolute Gasteiger partial charge is 0.379 e. The van der Waals surface area contributed by atoms with Crippen LogP contribution in [0.1, 0.15) is 19.3 Å². The number of hydrogen-bond donors (Lipinski definition) is 1. The normalized spacial score (nSPS) is 35.8. The Balaban J connectivity index is 1.54. The third-order valence-corrected chi connectivity index (χ3v) is 4.86. The number of nitrogens with zero attached hydrogens (tertiary/aromatic N) is 2. The minimum absolute atomic E-state index is 0.369. The molecule has 0 aliphatic carbocycles. The quantitative estimate of drug-likeness (QED) is 0.772. The van der Waals surface area contributed by atoms with E-state index >= 15 is 0 Å². The topological polar surface area (TPSA) is 51.0 Å². The average Bonchev–Trinajstić information content (AvgIpc) is 3.12. The molecule has 5 heteroatoms. The molecule has 3 heterocycles. The second-order valence-corrected chi connectivity index (χ2v) is 5.94. The molecule has 3 aliphatic rings. The molecule has 19 heavy (non-hydrogen) atoms. The van der Waals surface area contributed by atoms with E-state index in [4.69, 9.17) is 15.2 Å². The average molecular weight is 269 g/mol. The minimum atomic E-state index is 0.369. The lowest BCUT2D eigenvalue weighted by Gasteiger charge is -2.34. The molecule has 3 aliphatic heterocycles. The highest BCUT2D eigenvalue weighted by atomic mass is 16.5. The maximum atomic E-state index is 6.00. The molecule has 3 rings (SSSR count). The molecule has 0 saturated carbocycles.